The molecule has 0 N–H and O–H groups in total. The van der Waals surface area contributed by atoms with E-state index in [-0.39, 0.29) is 0 Å². The molecular weight excluding hydrogens is 138 g/mol. The number of nitrogens with zero attached hydrogens (tertiary/aromatic N) is 1. The van der Waals surface area contributed by atoms with Crippen LogP contribution < -0.4 is 0 Å². The van der Waals surface area contributed by atoms with E-state index in [1.807, 2.05) is 6.92 Å². The van der Waals surface area contributed by atoms with Crippen LogP contribution in [0.2, 0.25) is 0 Å². The first-order valence-electron chi connectivity index (χ1n) is 3.75. The van der Waals surface area contributed by atoms with Crippen molar-refractivity contribution in [3.8, 4) is 0 Å². The Morgan fingerprint density at radius 3 is 2.36 bits per heavy atom. The molecule has 0 fully saturated rings. The Morgan fingerprint density at radius 2 is 2.00 bits per heavy atom. The average molecular weight is 156 g/mol. The van der Waals surface area contributed by atoms with Crippen molar-refractivity contribution in [3.63, 3.8) is 0 Å². The van der Waals surface area contributed by atoms with Crippen molar-refractivity contribution >= 4 is 0 Å². The van der Waals surface area contributed by atoms with Gasteiger partial charge in [0.05, 0.1) is 21.1 Å². The summed E-state index contributed by atoms with van der Waals surface area (Å²) < 4.78 is 6.22. The van der Waals surface area contributed by atoms with Crippen LogP contribution in [0.1, 0.15) is 6.92 Å². The predicted molar refractivity (Wildman–Crippen MR) is 47.2 cm³/mol. The monoisotopic (exact) mass is 156 g/mol. The average Bonchev–Trinajstić information content (AvgIpc) is 1.85. The smallest absolute Gasteiger partial charge is 0.137 e. The summed E-state index contributed by atoms with van der Waals surface area (Å²) in [5.41, 5.74) is 2.69. The predicted octanol–water partition coefficient (Wildman–Crippen LogP) is 1.40. The highest BCUT2D eigenvalue weighted by Gasteiger charge is 2.05. The van der Waals surface area contributed by atoms with E-state index in [2.05, 4.69) is 33.5 Å². The summed E-state index contributed by atoms with van der Waals surface area (Å²) in [5, 5.41) is 0. The van der Waals surface area contributed by atoms with Crippen molar-refractivity contribution < 1.29 is 9.22 Å². The zero-order valence-electron chi connectivity index (χ0n) is 7.98. The SMILES string of the molecule is C=C=C(C)OCC[N+](C)(C)C. The maximum Gasteiger partial charge on any atom is 0.137 e. The fourth-order valence-electron chi connectivity index (χ4n) is 0.524. The molecule has 0 aliphatic rings. The lowest BCUT2D eigenvalue weighted by Gasteiger charge is -2.23. The van der Waals surface area contributed by atoms with Gasteiger partial charge >= 0.3 is 0 Å². The molecule has 0 spiro atoms. The molecule has 0 radical (unpaired) electrons. The van der Waals surface area contributed by atoms with Gasteiger partial charge in [-0.2, -0.15) is 0 Å². The van der Waals surface area contributed by atoms with Crippen LogP contribution in [0.3, 0.4) is 0 Å². The van der Waals surface area contributed by atoms with Crippen molar-refractivity contribution in [1.82, 2.24) is 0 Å². The van der Waals surface area contributed by atoms with Gasteiger partial charge in [0.1, 0.15) is 18.9 Å². The first-order chi connectivity index (χ1) is 4.95. The van der Waals surface area contributed by atoms with Crippen molar-refractivity contribution in [2.75, 3.05) is 34.3 Å². The fraction of sp³-hybridized carbons (Fsp3) is 0.667. The minimum absolute atomic E-state index is 0.734. The molecule has 0 aromatic rings. The highest BCUT2D eigenvalue weighted by molar-refractivity contribution is 4.82. The molecule has 0 bridgehead atoms. The van der Waals surface area contributed by atoms with Crippen molar-refractivity contribution in [1.29, 1.82) is 0 Å². The Hall–Kier alpha value is -0.720. The number of hydrogen-bond donors (Lipinski definition) is 0. The van der Waals surface area contributed by atoms with E-state index in [0.717, 1.165) is 23.4 Å². The van der Waals surface area contributed by atoms with Crippen LogP contribution in [0, 0.1) is 0 Å². The normalized spacial score (nSPS) is 10.5. The summed E-state index contributed by atoms with van der Waals surface area (Å²) in [4.78, 5) is 0. The topological polar surface area (TPSA) is 9.23 Å². The van der Waals surface area contributed by atoms with Gasteiger partial charge in [-0.3, -0.25) is 0 Å². The molecule has 0 aromatic heterocycles. The number of allylic oxidation sites excluding steroid dienone is 1. The Morgan fingerprint density at radius 1 is 1.45 bits per heavy atom. The molecule has 0 atom stereocenters. The van der Waals surface area contributed by atoms with Crippen molar-refractivity contribution in [3.05, 3.63) is 18.1 Å². The number of ether oxygens (including phenoxy) is 1. The zero-order valence-corrected chi connectivity index (χ0v) is 7.98. The van der Waals surface area contributed by atoms with E-state index >= 15 is 0 Å². The summed E-state index contributed by atoms with van der Waals surface area (Å²) in [7, 11) is 6.41. The van der Waals surface area contributed by atoms with E-state index < -0.39 is 0 Å². The summed E-state index contributed by atoms with van der Waals surface area (Å²) >= 11 is 0. The molecule has 0 saturated carbocycles. The van der Waals surface area contributed by atoms with Gasteiger partial charge in [-0.05, 0) is 0 Å². The Bertz CT molecular complexity index is 161. The van der Waals surface area contributed by atoms with Gasteiger partial charge in [-0.1, -0.05) is 12.3 Å². The Balaban J connectivity index is 3.51. The molecule has 0 saturated heterocycles. The van der Waals surface area contributed by atoms with E-state index in [4.69, 9.17) is 4.74 Å². The van der Waals surface area contributed by atoms with Gasteiger partial charge in [0.15, 0.2) is 0 Å². The summed E-state index contributed by atoms with van der Waals surface area (Å²) in [5.74, 6) is 0.776. The number of hydrogen-bond acceptors (Lipinski definition) is 1. The molecule has 0 amide bonds. The highest BCUT2D eigenvalue weighted by Crippen LogP contribution is 1.94. The Labute approximate surface area is 69.4 Å². The second-order valence-electron chi connectivity index (χ2n) is 3.60. The van der Waals surface area contributed by atoms with Gasteiger partial charge in [-0.15, -0.1) is 0 Å². The molecule has 11 heavy (non-hydrogen) atoms. The molecule has 0 heterocycles. The van der Waals surface area contributed by atoms with E-state index in [1.54, 1.807) is 0 Å². The summed E-state index contributed by atoms with van der Waals surface area (Å²) in [6.07, 6.45) is 0. The third kappa shape index (κ3) is 7.17. The molecule has 0 aliphatic carbocycles. The molecule has 0 unspecified atom stereocenters. The van der Waals surface area contributed by atoms with Crippen LogP contribution in [0.15, 0.2) is 18.1 Å². The van der Waals surface area contributed by atoms with Crippen LogP contribution in [-0.4, -0.2) is 38.8 Å². The van der Waals surface area contributed by atoms with E-state index in [9.17, 15) is 0 Å². The zero-order chi connectivity index (χ0) is 8.91. The van der Waals surface area contributed by atoms with Gasteiger partial charge in [0.2, 0.25) is 0 Å². The van der Waals surface area contributed by atoms with Crippen molar-refractivity contribution in [2.45, 2.75) is 6.92 Å². The van der Waals surface area contributed by atoms with Gasteiger partial charge in [0.25, 0.3) is 0 Å². The molecular formula is C9H18NO+. The maximum absolute atomic E-state index is 5.29. The third-order valence-electron chi connectivity index (χ3n) is 1.33. The lowest BCUT2D eigenvalue weighted by atomic mass is 10.5. The standard InChI is InChI=1S/C9H18NO/c1-6-9(2)11-8-7-10(3,4)5/h1,7-8H2,2-5H3/q+1. The van der Waals surface area contributed by atoms with Crippen LogP contribution in [0.4, 0.5) is 0 Å². The summed E-state index contributed by atoms with van der Waals surface area (Å²) in [6, 6.07) is 0. The third-order valence-corrected chi connectivity index (χ3v) is 1.33. The number of likely N-dealkylation sites (N-methyl/N-ethyl adjacent to an activating group) is 1. The van der Waals surface area contributed by atoms with Gasteiger partial charge < -0.3 is 9.22 Å². The maximum atomic E-state index is 5.29. The summed E-state index contributed by atoms with van der Waals surface area (Å²) in [6.45, 7) is 7.08. The molecule has 2 nitrogen and oxygen atoms in total. The quantitative estimate of drug-likeness (QED) is 0.339. The van der Waals surface area contributed by atoms with Gasteiger partial charge in [-0.25, -0.2) is 0 Å². The molecule has 64 valence electrons. The Kier molecular flexibility index (Phi) is 3.94. The van der Waals surface area contributed by atoms with Crippen molar-refractivity contribution in [2.24, 2.45) is 0 Å². The lowest BCUT2D eigenvalue weighted by Crippen LogP contribution is -2.37. The highest BCUT2D eigenvalue weighted by atomic mass is 16.5. The fourth-order valence-corrected chi connectivity index (χ4v) is 0.524. The first kappa shape index (κ1) is 10.3. The van der Waals surface area contributed by atoms with Crippen LogP contribution >= 0.6 is 0 Å². The lowest BCUT2D eigenvalue weighted by molar-refractivity contribution is -0.870. The van der Waals surface area contributed by atoms with Crippen LogP contribution in [0.5, 0.6) is 0 Å². The molecule has 0 aliphatic heterocycles. The van der Waals surface area contributed by atoms with Crippen LogP contribution in [0.25, 0.3) is 0 Å². The molecule has 0 aromatic carbocycles. The molecule has 2 heteroatoms. The van der Waals surface area contributed by atoms with Crippen LogP contribution in [-0.2, 0) is 4.74 Å². The second kappa shape index (κ2) is 4.22. The number of rotatable bonds is 4. The van der Waals surface area contributed by atoms with E-state index in [1.165, 1.54) is 0 Å². The number of quaternary nitrogens is 1. The minimum Gasteiger partial charge on any atom is -0.484 e. The minimum atomic E-state index is 0.734. The first-order valence-corrected chi connectivity index (χ1v) is 3.75. The van der Waals surface area contributed by atoms with E-state index in [0.29, 0.717) is 0 Å². The van der Waals surface area contributed by atoms with Gasteiger partial charge in [0, 0.05) is 6.92 Å². The molecule has 0 rings (SSSR count). The second-order valence-corrected chi connectivity index (χ2v) is 3.60. The largest absolute Gasteiger partial charge is 0.484 e.